The molecule has 1 saturated heterocycles. The molecule has 0 aliphatic carbocycles. The van der Waals surface area contributed by atoms with Crippen LogP contribution in [0.1, 0.15) is 41.8 Å². The molecule has 2 aliphatic heterocycles. The highest BCUT2D eigenvalue weighted by Gasteiger charge is 2.46. The Labute approximate surface area is 133 Å². The van der Waals surface area contributed by atoms with E-state index >= 15 is 0 Å². The zero-order chi connectivity index (χ0) is 16.7. The van der Waals surface area contributed by atoms with Crippen LogP contribution >= 0.6 is 0 Å². The van der Waals surface area contributed by atoms with Crippen molar-refractivity contribution in [3.8, 4) is 17.2 Å². The van der Waals surface area contributed by atoms with Gasteiger partial charge in [0.25, 0.3) is 0 Å². The van der Waals surface area contributed by atoms with Crippen LogP contribution in [0.15, 0.2) is 6.07 Å². The van der Waals surface area contributed by atoms with Gasteiger partial charge in [-0.25, -0.2) is 4.79 Å². The average Bonchev–Trinajstić information content (AvgIpc) is 2.87. The molecule has 1 aromatic rings. The van der Waals surface area contributed by atoms with Crippen molar-refractivity contribution in [2.24, 2.45) is 0 Å². The van der Waals surface area contributed by atoms with Crippen molar-refractivity contribution in [2.75, 3.05) is 14.2 Å². The Morgan fingerprint density at radius 1 is 1.39 bits per heavy atom. The monoisotopic (exact) mass is 324 g/mol. The highest BCUT2D eigenvalue weighted by molar-refractivity contribution is 5.97. The first-order valence-corrected chi connectivity index (χ1v) is 7.48. The number of esters is 1. The van der Waals surface area contributed by atoms with Gasteiger partial charge in [-0.05, 0) is 19.4 Å². The molecular weight excluding hydrogens is 304 g/mol. The van der Waals surface area contributed by atoms with Crippen molar-refractivity contribution in [2.45, 2.75) is 44.2 Å². The van der Waals surface area contributed by atoms with Crippen molar-refractivity contribution in [1.82, 2.24) is 0 Å². The van der Waals surface area contributed by atoms with E-state index in [-0.39, 0.29) is 23.2 Å². The van der Waals surface area contributed by atoms with Gasteiger partial charge >= 0.3 is 5.97 Å². The molecule has 1 aromatic carbocycles. The van der Waals surface area contributed by atoms with Gasteiger partial charge in [0.05, 0.1) is 26.4 Å². The lowest BCUT2D eigenvalue weighted by atomic mass is 9.93. The lowest BCUT2D eigenvalue weighted by Crippen LogP contribution is -2.29. The van der Waals surface area contributed by atoms with E-state index in [0.717, 1.165) is 0 Å². The summed E-state index contributed by atoms with van der Waals surface area (Å²) < 4.78 is 21.7. The number of ether oxygens (including phenoxy) is 4. The maximum atomic E-state index is 12.3. The number of phenolic OH excluding ortho intramolecular Hbond substituents is 1. The molecule has 7 nitrogen and oxygen atoms in total. The predicted octanol–water partition coefficient (Wildman–Crippen LogP) is 1.55. The van der Waals surface area contributed by atoms with Gasteiger partial charge in [-0.15, -0.1) is 0 Å². The molecule has 3 rings (SSSR count). The Morgan fingerprint density at radius 3 is 2.74 bits per heavy atom. The number of phenols is 1. The van der Waals surface area contributed by atoms with E-state index in [0.29, 0.717) is 24.2 Å². The molecule has 0 amide bonds. The maximum absolute atomic E-state index is 12.3. The summed E-state index contributed by atoms with van der Waals surface area (Å²) in [7, 11) is 2.83. The van der Waals surface area contributed by atoms with Gasteiger partial charge in [-0.2, -0.15) is 0 Å². The molecule has 126 valence electrons. The second kappa shape index (κ2) is 5.90. The first kappa shape index (κ1) is 15.9. The van der Waals surface area contributed by atoms with E-state index in [1.807, 2.05) is 0 Å². The molecule has 0 saturated carbocycles. The molecule has 0 spiro atoms. The molecule has 0 bridgehead atoms. The summed E-state index contributed by atoms with van der Waals surface area (Å²) in [6.07, 6.45) is -0.670. The van der Waals surface area contributed by atoms with Gasteiger partial charge < -0.3 is 29.2 Å². The number of aliphatic hydroxyl groups is 1. The number of benzene rings is 1. The Balaban J connectivity index is 2.03. The molecule has 2 N–H and O–H groups in total. The van der Waals surface area contributed by atoms with Crippen molar-refractivity contribution < 1.29 is 34.0 Å². The second-order valence-corrected chi connectivity index (χ2v) is 5.87. The SMILES string of the molecule is COc1cc2c(c(O)c1OC)C(=O)O[C@@H]1C[C@H](C[C@H](C)O)O[C@H]21. The maximum Gasteiger partial charge on any atom is 0.342 e. The Morgan fingerprint density at radius 2 is 2.13 bits per heavy atom. The van der Waals surface area contributed by atoms with Crippen LogP contribution in [0.5, 0.6) is 17.2 Å². The second-order valence-electron chi connectivity index (χ2n) is 5.87. The molecule has 2 aliphatic rings. The number of hydrogen-bond donors (Lipinski definition) is 2. The van der Waals surface area contributed by atoms with Crippen LogP contribution in [-0.4, -0.2) is 48.7 Å². The molecule has 0 radical (unpaired) electrons. The fourth-order valence-corrected chi connectivity index (χ4v) is 3.28. The van der Waals surface area contributed by atoms with Crippen molar-refractivity contribution in [3.05, 3.63) is 17.2 Å². The first-order valence-electron chi connectivity index (χ1n) is 7.48. The number of aromatic hydroxyl groups is 1. The quantitative estimate of drug-likeness (QED) is 0.811. The van der Waals surface area contributed by atoms with Crippen molar-refractivity contribution in [3.63, 3.8) is 0 Å². The van der Waals surface area contributed by atoms with Crippen LogP contribution in [0.3, 0.4) is 0 Å². The highest BCUT2D eigenvalue weighted by atomic mass is 16.6. The third-order valence-electron chi connectivity index (χ3n) is 4.22. The van der Waals surface area contributed by atoms with Gasteiger partial charge in [0.2, 0.25) is 5.75 Å². The van der Waals surface area contributed by atoms with E-state index in [4.69, 9.17) is 18.9 Å². The van der Waals surface area contributed by atoms with E-state index in [1.54, 1.807) is 13.0 Å². The molecule has 7 heteroatoms. The third-order valence-corrected chi connectivity index (χ3v) is 4.22. The minimum Gasteiger partial charge on any atom is -0.504 e. The average molecular weight is 324 g/mol. The lowest BCUT2D eigenvalue weighted by Gasteiger charge is -2.28. The number of hydrogen-bond acceptors (Lipinski definition) is 7. The number of methoxy groups -OCH3 is 2. The van der Waals surface area contributed by atoms with Gasteiger partial charge in [-0.1, -0.05) is 0 Å². The Hall–Kier alpha value is -1.99. The van der Waals surface area contributed by atoms with E-state index < -0.39 is 24.3 Å². The minimum absolute atomic E-state index is 0.0431. The summed E-state index contributed by atoms with van der Waals surface area (Å²) in [5.41, 5.74) is 0.566. The first-order chi connectivity index (χ1) is 11.0. The Bertz CT molecular complexity index is 625. The van der Waals surface area contributed by atoms with Gasteiger partial charge in [0.15, 0.2) is 11.5 Å². The third kappa shape index (κ3) is 2.60. The molecule has 4 atom stereocenters. The van der Waals surface area contributed by atoms with Crippen LogP contribution < -0.4 is 9.47 Å². The highest BCUT2D eigenvalue weighted by Crippen LogP contribution is 2.49. The zero-order valence-electron chi connectivity index (χ0n) is 13.2. The smallest absolute Gasteiger partial charge is 0.342 e. The number of carbonyl (C=O) groups excluding carboxylic acids is 1. The number of rotatable bonds is 4. The summed E-state index contributed by atoms with van der Waals surface area (Å²) in [6.45, 7) is 1.69. The van der Waals surface area contributed by atoms with Gasteiger partial charge in [-0.3, -0.25) is 0 Å². The van der Waals surface area contributed by atoms with E-state index in [9.17, 15) is 15.0 Å². The van der Waals surface area contributed by atoms with Crippen LogP contribution in [0.25, 0.3) is 0 Å². The van der Waals surface area contributed by atoms with E-state index in [2.05, 4.69) is 0 Å². The number of aliphatic hydroxyl groups excluding tert-OH is 1. The fourth-order valence-electron chi connectivity index (χ4n) is 3.28. The fraction of sp³-hybridized carbons (Fsp3) is 0.562. The molecule has 23 heavy (non-hydrogen) atoms. The molecule has 0 aromatic heterocycles. The zero-order valence-corrected chi connectivity index (χ0v) is 13.2. The van der Waals surface area contributed by atoms with E-state index in [1.165, 1.54) is 14.2 Å². The molecule has 1 fully saturated rings. The summed E-state index contributed by atoms with van der Waals surface area (Å²) in [6, 6.07) is 1.64. The summed E-state index contributed by atoms with van der Waals surface area (Å²) in [5.74, 6) is -0.520. The summed E-state index contributed by atoms with van der Waals surface area (Å²) in [4.78, 5) is 12.3. The predicted molar refractivity (Wildman–Crippen MR) is 78.9 cm³/mol. The molecule has 2 heterocycles. The Kier molecular flexibility index (Phi) is 4.08. The van der Waals surface area contributed by atoms with Crippen LogP contribution in [0, 0.1) is 0 Å². The summed E-state index contributed by atoms with van der Waals surface area (Å²) >= 11 is 0. The molecule has 0 unspecified atom stereocenters. The van der Waals surface area contributed by atoms with Gasteiger partial charge in [0, 0.05) is 12.0 Å². The molecular formula is C16H20O7. The lowest BCUT2D eigenvalue weighted by molar-refractivity contribution is -0.0294. The van der Waals surface area contributed by atoms with Crippen LogP contribution in [-0.2, 0) is 9.47 Å². The normalized spacial score (nSPS) is 27.0. The minimum atomic E-state index is -0.610. The standard InChI is InChI=1S/C16H20O7/c1-7(17)4-8-5-11-14(22-8)9-6-10(20-2)15(21-3)13(18)12(9)16(19)23-11/h6-8,11,14,17-18H,4-5H2,1-3H3/t7-,8-,11+,14+/m0/s1. The largest absolute Gasteiger partial charge is 0.504 e. The van der Waals surface area contributed by atoms with Crippen molar-refractivity contribution >= 4 is 5.97 Å². The van der Waals surface area contributed by atoms with Crippen LogP contribution in [0.2, 0.25) is 0 Å². The number of fused-ring (bicyclic) bond motifs is 3. The van der Waals surface area contributed by atoms with Crippen molar-refractivity contribution in [1.29, 1.82) is 0 Å². The number of carbonyl (C=O) groups is 1. The summed E-state index contributed by atoms with van der Waals surface area (Å²) in [5, 5.41) is 19.9. The topological polar surface area (TPSA) is 94.5 Å². The van der Waals surface area contributed by atoms with Gasteiger partial charge in [0.1, 0.15) is 17.8 Å². The van der Waals surface area contributed by atoms with Crippen LogP contribution in [0.4, 0.5) is 0 Å².